The summed E-state index contributed by atoms with van der Waals surface area (Å²) in [5.74, 6) is -1.45. The molecule has 0 atom stereocenters. The Morgan fingerprint density at radius 1 is 1.04 bits per heavy atom. The van der Waals surface area contributed by atoms with Crippen LogP contribution in [0.3, 0.4) is 0 Å². The molecule has 0 radical (unpaired) electrons. The Morgan fingerprint density at radius 3 is 2.38 bits per heavy atom. The van der Waals surface area contributed by atoms with Gasteiger partial charge >= 0.3 is 5.97 Å². The van der Waals surface area contributed by atoms with Gasteiger partial charge in [-0.1, -0.05) is 58.4 Å². The van der Waals surface area contributed by atoms with Crippen LogP contribution in [0.1, 0.15) is 15.9 Å². The molecule has 1 aromatic heterocycles. The van der Waals surface area contributed by atoms with E-state index in [-0.39, 0.29) is 11.5 Å². The largest absolute Gasteiger partial charge is 0.478 e. The van der Waals surface area contributed by atoms with Crippen molar-refractivity contribution in [3.05, 3.63) is 81.7 Å². The summed E-state index contributed by atoms with van der Waals surface area (Å²) in [5.41, 5.74) is 2.35. The topological polar surface area (TPSA) is 66.4 Å². The molecular formula is C20H14BrNO3S. The summed E-state index contributed by atoms with van der Waals surface area (Å²) in [6, 6.07) is 16.8. The van der Waals surface area contributed by atoms with Crippen molar-refractivity contribution in [1.82, 2.24) is 0 Å². The van der Waals surface area contributed by atoms with Gasteiger partial charge in [0.15, 0.2) is 0 Å². The highest BCUT2D eigenvalue weighted by Gasteiger charge is 2.20. The molecular weight excluding hydrogens is 414 g/mol. The lowest BCUT2D eigenvalue weighted by atomic mass is 10.0. The molecule has 0 aliphatic carbocycles. The van der Waals surface area contributed by atoms with E-state index in [0.717, 1.165) is 15.6 Å². The molecule has 0 aliphatic heterocycles. The number of carbonyl (C=O) groups excluding carboxylic acids is 1. The number of aromatic carboxylic acids is 1. The van der Waals surface area contributed by atoms with Gasteiger partial charge in [0.2, 0.25) is 5.91 Å². The van der Waals surface area contributed by atoms with E-state index >= 15 is 0 Å². The predicted octanol–water partition coefficient (Wildman–Crippen LogP) is 5.53. The SMILES string of the molecule is O=C(/C=C/c1ccccc1)Nc1scc(-c2ccc(Br)cc2)c1C(=O)O. The van der Waals surface area contributed by atoms with E-state index in [1.165, 1.54) is 17.4 Å². The first kappa shape index (κ1) is 18.1. The van der Waals surface area contributed by atoms with Crippen LogP contribution in [0.25, 0.3) is 17.2 Å². The second kappa shape index (κ2) is 8.12. The Bertz CT molecular complexity index is 962. The molecule has 3 rings (SSSR count). The first-order valence-electron chi connectivity index (χ1n) is 7.69. The number of rotatable bonds is 5. The number of nitrogens with one attached hydrogen (secondary N) is 1. The van der Waals surface area contributed by atoms with Gasteiger partial charge in [0.25, 0.3) is 0 Å². The van der Waals surface area contributed by atoms with Crippen molar-refractivity contribution in [2.75, 3.05) is 5.32 Å². The molecule has 0 spiro atoms. The Kier molecular flexibility index (Phi) is 5.65. The molecule has 0 fully saturated rings. The summed E-state index contributed by atoms with van der Waals surface area (Å²) in [7, 11) is 0. The lowest BCUT2D eigenvalue weighted by molar-refractivity contribution is -0.111. The van der Waals surface area contributed by atoms with Crippen LogP contribution in [0.5, 0.6) is 0 Å². The molecule has 2 aromatic carbocycles. The summed E-state index contributed by atoms with van der Waals surface area (Å²) >= 11 is 4.56. The highest BCUT2D eigenvalue weighted by Crippen LogP contribution is 2.36. The molecule has 0 unspecified atom stereocenters. The van der Waals surface area contributed by atoms with Gasteiger partial charge in [-0.3, -0.25) is 4.79 Å². The second-order valence-corrected chi connectivity index (χ2v) is 7.19. The van der Waals surface area contributed by atoms with E-state index in [1.54, 1.807) is 11.5 Å². The van der Waals surface area contributed by atoms with Crippen LogP contribution in [0, 0.1) is 0 Å². The zero-order valence-corrected chi connectivity index (χ0v) is 15.9. The lowest BCUT2D eigenvalue weighted by Gasteiger charge is -2.04. The first-order valence-corrected chi connectivity index (χ1v) is 9.36. The van der Waals surface area contributed by atoms with Crippen molar-refractivity contribution in [1.29, 1.82) is 0 Å². The number of halogens is 1. The third-order valence-electron chi connectivity index (χ3n) is 3.62. The average molecular weight is 428 g/mol. The summed E-state index contributed by atoms with van der Waals surface area (Å²) in [4.78, 5) is 23.9. The quantitative estimate of drug-likeness (QED) is 0.526. The van der Waals surface area contributed by atoms with Crippen LogP contribution in [-0.2, 0) is 4.79 Å². The lowest BCUT2D eigenvalue weighted by Crippen LogP contribution is -2.10. The van der Waals surface area contributed by atoms with Gasteiger partial charge in [-0.05, 0) is 29.3 Å². The monoisotopic (exact) mass is 427 g/mol. The minimum absolute atomic E-state index is 0.0961. The predicted molar refractivity (Wildman–Crippen MR) is 109 cm³/mol. The van der Waals surface area contributed by atoms with E-state index < -0.39 is 5.97 Å². The molecule has 1 heterocycles. The number of anilines is 1. The van der Waals surface area contributed by atoms with Crippen LogP contribution in [-0.4, -0.2) is 17.0 Å². The van der Waals surface area contributed by atoms with Crippen molar-refractivity contribution in [3.8, 4) is 11.1 Å². The number of thiophene rings is 1. The highest BCUT2D eigenvalue weighted by molar-refractivity contribution is 9.10. The van der Waals surface area contributed by atoms with Gasteiger partial charge in [0.05, 0.1) is 0 Å². The van der Waals surface area contributed by atoms with E-state index in [1.807, 2.05) is 54.6 Å². The fourth-order valence-corrected chi connectivity index (χ4v) is 3.62. The van der Waals surface area contributed by atoms with Crippen LogP contribution in [0.15, 0.2) is 70.5 Å². The number of amides is 1. The number of carboxylic acid groups (broad SMARTS) is 1. The van der Waals surface area contributed by atoms with Crippen LogP contribution < -0.4 is 5.32 Å². The molecule has 3 aromatic rings. The minimum atomic E-state index is -1.08. The maximum atomic E-state index is 12.2. The summed E-state index contributed by atoms with van der Waals surface area (Å²) in [6.07, 6.45) is 3.07. The maximum absolute atomic E-state index is 12.2. The zero-order chi connectivity index (χ0) is 18.5. The molecule has 0 saturated heterocycles. The summed E-state index contributed by atoms with van der Waals surface area (Å²) < 4.78 is 0.910. The normalized spacial score (nSPS) is 10.8. The Labute approximate surface area is 162 Å². The molecule has 2 N–H and O–H groups in total. The third-order valence-corrected chi connectivity index (χ3v) is 5.05. The molecule has 26 heavy (non-hydrogen) atoms. The van der Waals surface area contributed by atoms with E-state index in [9.17, 15) is 14.7 Å². The number of carboxylic acids is 1. The first-order chi connectivity index (χ1) is 12.5. The number of carbonyl (C=O) groups is 2. The Morgan fingerprint density at radius 2 is 1.73 bits per heavy atom. The minimum Gasteiger partial charge on any atom is -0.478 e. The third kappa shape index (κ3) is 4.28. The molecule has 0 aliphatic rings. The summed E-state index contributed by atoms with van der Waals surface area (Å²) in [5, 5.41) is 14.3. The van der Waals surface area contributed by atoms with Crippen molar-refractivity contribution in [3.63, 3.8) is 0 Å². The van der Waals surface area contributed by atoms with Gasteiger partial charge in [0.1, 0.15) is 10.6 Å². The average Bonchev–Trinajstić information content (AvgIpc) is 3.05. The fourth-order valence-electron chi connectivity index (χ4n) is 2.39. The van der Waals surface area contributed by atoms with E-state index in [0.29, 0.717) is 10.6 Å². The van der Waals surface area contributed by atoms with Gasteiger partial charge in [-0.15, -0.1) is 11.3 Å². The fraction of sp³-hybridized carbons (Fsp3) is 0. The van der Waals surface area contributed by atoms with Crippen LogP contribution in [0.4, 0.5) is 5.00 Å². The van der Waals surface area contributed by atoms with E-state index in [2.05, 4.69) is 21.2 Å². The molecule has 1 amide bonds. The molecule has 0 saturated carbocycles. The van der Waals surface area contributed by atoms with Crippen molar-refractivity contribution in [2.24, 2.45) is 0 Å². The molecule has 0 bridgehead atoms. The number of hydrogen-bond acceptors (Lipinski definition) is 3. The standard InChI is InChI=1S/C20H14BrNO3S/c21-15-9-7-14(8-10-15)16-12-26-19(18(16)20(24)25)22-17(23)11-6-13-4-2-1-3-5-13/h1-12H,(H,22,23)(H,24,25)/b11-6+. The molecule has 6 heteroatoms. The zero-order valence-electron chi connectivity index (χ0n) is 13.5. The van der Waals surface area contributed by atoms with Crippen molar-refractivity contribution < 1.29 is 14.7 Å². The van der Waals surface area contributed by atoms with Crippen LogP contribution >= 0.6 is 27.3 Å². The van der Waals surface area contributed by atoms with Gasteiger partial charge in [-0.2, -0.15) is 0 Å². The Hall–Kier alpha value is -2.70. The van der Waals surface area contributed by atoms with Crippen LogP contribution in [0.2, 0.25) is 0 Å². The van der Waals surface area contributed by atoms with Crippen molar-refractivity contribution >= 4 is 50.2 Å². The van der Waals surface area contributed by atoms with E-state index in [4.69, 9.17) is 0 Å². The smallest absolute Gasteiger partial charge is 0.339 e. The molecule has 4 nitrogen and oxygen atoms in total. The highest BCUT2D eigenvalue weighted by atomic mass is 79.9. The van der Waals surface area contributed by atoms with Gasteiger partial charge < -0.3 is 10.4 Å². The summed E-state index contributed by atoms with van der Waals surface area (Å²) in [6.45, 7) is 0. The Balaban J connectivity index is 1.84. The number of hydrogen-bond donors (Lipinski definition) is 2. The maximum Gasteiger partial charge on any atom is 0.339 e. The van der Waals surface area contributed by atoms with Gasteiger partial charge in [0, 0.05) is 21.5 Å². The van der Waals surface area contributed by atoms with Gasteiger partial charge in [-0.25, -0.2) is 4.79 Å². The van der Waals surface area contributed by atoms with Crippen molar-refractivity contribution in [2.45, 2.75) is 0 Å². The number of benzene rings is 2. The molecule has 130 valence electrons. The second-order valence-electron chi connectivity index (χ2n) is 5.40.